The quantitative estimate of drug-likeness (QED) is 0.705. The number of halogens is 2. The van der Waals surface area contributed by atoms with Gasteiger partial charge < -0.3 is 15.2 Å². The maximum absolute atomic E-state index is 10.2. The van der Waals surface area contributed by atoms with Crippen LogP contribution in [0.15, 0.2) is 46.9 Å². The summed E-state index contributed by atoms with van der Waals surface area (Å²) in [4.78, 5) is 20.1. The van der Waals surface area contributed by atoms with Crippen molar-refractivity contribution in [3.63, 3.8) is 0 Å². The van der Waals surface area contributed by atoms with Crippen LogP contribution in [0.2, 0.25) is 5.02 Å². The average molecular weight is 415 g/mol. The Kier molecular flexibility index (Phi) is 8.89. The number of ether oxygens (including phenoxy) is 1. The number of benzene rings is 2. The summed E-state index contributed by atoms with van der Waals surface area (Å²) in [7, 11) is 0. The van der Waals surface area contributed by atoms with Gasteiger partial charge in [0.2, 0.25) is 6.41 Å². The number of nitrogens with one attached hydrogen (secondary N) is 1. The number of carbonyl (C=O) groups excluding carboxylic acids is 1. The Bertz CT molecular complexity index is 677. The van der Waals surface area contributed by atoms with Gasteiger partial charge >= 0.3 is 5.97 Å². The fraction of sp³-hybridized carbons (Fsp3) is 0.176. The molecule has 0 aromatic heterocycles. The molecule has 1 amide bonds. The Morgan fingerprint density at radius 3 is 2.54 bits per heavy atom. The van der Waals surface area contributed by atoms with Gasteiger partial charge in [0.15, 0.2) is 6.61 Å². The predicted octanol–water partition coefficient (Wildman–Crippen LogP) is 3.81. The van der Waals surface area contributed by atoms with Crippen molar-refractivity contribution in [2.75, 3.05) is 6.61 Å². The second kappa shape index (κ2) is 10.7. The lowest BCUT2D eigenvalue weighted by atomic mass is 10.2. The first-order valence-corrected chi connectivity index (χ1v) is 8.11. The maximum Gasteiger partial charge on any atom is 0.341 e. The molecule has 0 saturated carbocycles. The Hall–Kier alpha value is -2.05. The highest BCUT2D eigenvalue weighted by molar-refractivity contribution is 9.10. The van der Waals surface area contributed by atoms with Gasteiger partial charge in [0.05, 0.1) is 0 Å². The zero-order valence-corrected chi connectivity index (χ0v) is 15.3. The lowest BCUT2D eigenvalue weighted by molar-refractivity contribution is -0.139. The van der Waals surface area contributed by atoms with E-state index in [4.69, 9.17) is 21.4 Å². The molecule has 0 heterocycles. The molecule has 0 saturated heterocycles. The van der Waals surface area contributed by atoms with Gasteiger partial charge in [0.1, 0.15) is 5.75 Å². The second-order valence-corrected chi connectivity index (χ2v) is 6.07. The van der Waals surface area contributed by atoms with Gasteiger partial charge in [0, 0.05) is 16.0 Å². The van der Waals surface area contributed by atoms with E-state index in [1.54, 1.807) is 18.2 Å². The minimum absolute atomic E-state index is 0.346. The molecule has 0 unspecified atom stereocenters. The molecule has 2 rings (SSSR count). The molecule has 0 aliphatic carbocycles. The van der Waals surface area contributed by atoms with E-state index in [0.29, 0.717) is 23.7 Å². The summed E-state index contributed by atoms with van der Waals surface area (Å²) < 4.78 is 6.04. The van der Waals surface area contributed by atoms with Crippen LogP contribution in [0.4, 0.5) is 0 Å². The maximum atomic E-state index is 10.2. The first-order chi connectivity index (χ1) is 11.4. The van der Waals surface area contributed by atoms with Crippen molar-refractivity contribution in [2.24, 2.45) is 0 Å². The van der Waals surface area contributed by atoms with Crippen LogP contribution in [0.25, 0.3) is 0 Å². The van der Waals surface area contributed by atoms with Gasteiger partial charge in [-0.2, -0.15) is 0 Å². The smallest absolute Gasteiger partial charge is 0.341 e. The van der Waals surface area contributed by atoms with Crippen molar-refractivity contribution < 1.29 is 19.4 Å². The number of carboxylic acid groups (broad SMARTS) is 1. The standard InChI is InChI=1S/C9H9ClO3.C8H8BrNO/c1-6-2-3-7(10)4-8(6)13-5-9(11)12;9-8-3-1-7(2-4-8)5-10-6-11/h2-4H,5H2,1H3,(H,11,12);1-4,6H,5H2,(H,10,11). The molecule has 7 heteroatoms. The Labute approximate surface area is 153 Å². The number of aryl methyl sites for hydroxylation is 1. The van der Waals surface area contributed by atoms with Gasteiger partial charge in [-0.3, -0.25) is 4.79 Å². The summed E-state index contributed by atoms with van der Waals surface area (Å²) >= 11 is 9.03. The molecule has 0 fully saturated rings. The van der Waals surface area contributed by atoms with Crippen LogP contribution >= 0.6 is 27.5 Å². The number of hydrogen-bond donors (Lipinski definition) is 2. The highest BCUT2D eigenvalue weighted by Crippen LogP contribution is 2.22. The number of hydrogen-bond acceptors (Lipinski definition) is 3. The highest BCUT2D eigenvalue weighted by atomic mass is 79.9. The molecule has 24 heavy (non-hydrogen) atoms. The summed E-state index contributed by atoms with van der Waals surface area (Å²) in [5.41, 5.74) is 1.96. The van der Waals surface area contributed by atoms with E-state index in [0.717, 1.165) is 15.6 Å². The minimum atomic E-state index is -1.00. The minimum Gasteiger partial charge on any atom is -0.482 e. The van der Waals surface area contributed by atoms with E-state index < -0.39 is 5.97 Å². The van der Waals surface area contributed by atoms with E-state index in [-0.39, 0.29) is 6.61 Å². The number of amides is 1. The summed E-state index contributed by atoms with van der Waals surface area (Å²) in [5, 5.41) is 11.5. The molecule has 5 nitrogen and oxygen atoms in total. The van der Waals surface area contributed by atoms with Gasteiger partial charge in [-0.15, -0.1) is 0 Å². The molecule has 2 aromatic carbocycles. The Morgan fingerprint density at radius 1 is 1.29 bits per heavy atom. The van der Waals surface area contributed by atoms with Crippen molar-refractivity contribution in [3.8, 4) is 5.75 Å². The van der Waals surface area contributed by atoms with Crippen LogP contribution in [0, 0.1) is 6.92 Å². The largest absolute Gasteiger partial charge is 0.482 e. The zero-order valence-electron chi connectivity index (χ0n) is 13.0. The highest BCUT2D eigenvalue weighted by Gasteiger charge is 2.02. The molecule has 0 aliphatic rings. The lowest BCUT2D eigenvalue weighted by Gasteiger charge is -2.06. The Morgan fingerprint density at radius 2 is 1.96 bits per heavy atom. The van der Waals surface area contributed by atoms with Gasteiger partial charge in [-0.25, -0.2) is 4.79 Å². The molecule has 2 N–H and O–H groups in total. The molecule has 0 radical (unpaired) electrons. The molecule has 2 aromatic rings. The number of carbonyl (C=O) groups is 2. The summed E-state index contributed by atoms with van der Waals surface area (Å²) in [6.07, 6.45) is 0.696. The molecular weight excluding hydrogens is 398 g/mol. The van der Waals surface area contributed by atoms with E-state index in [9.17, 15) is 9.59 Å². The number of rotatable bonds is 6. The molecule has 0 bridgehead atoms. The van der Waals surface area contributed by atoms with Crippen molar-refractivity contribution in [1.82, 2.24) is 5.32 Å². The Balaban J connectivity index is 0.000000243. The molecule has 0 spiro atoms. The monoisotopic (exact) mass is 413 g/mol. The normalized spacial score (nSPS) is 9.46. The van der Waals surface area contributed by atoms with Crippen molar-refractivity contribution in [2.45, 2.75) is 13.5 Å². The van der Waals surface area contributed by atoms with Crippen LogP contribution in [-0.2, 0) is 16.1 Å². The van der Waals surface area contributed by atoms with E-state index >= 15 is 0 Å². The van der Waals surface area contributed by atoms with Crippen LogP contribution in [0.3, 0.4) is 0 Å². The van der Waals surface area contributed by atoms with Gasteiger partial charge in [-0.05, 0) is 42.3 Å². The van der Waals surface area contributed by atoms with Crippen molar-refractivity contribution >= 4 is 39.9 Å². The van der Waals surface area contributed by atoms with Crippen molar-refractivity contribution in [1.29, 1.82) is 0 Å². The third-order valence-electron chi connectivity index (χ3n) is 2.80. The topological polar surface area (TPSA) is 75.6 Å². The fourth-order valence-electron chi connectivity index (χ4n) is 1.63. The summed E-state index contributed by atoms with van der Waals surface area (Å²) in [5.74, 6) is -0.491. The number of carboxylic acids is 1. The van der Waals surface area contributed by atoms with E-state index in [2.05, 4.69) is 21.2 Å². The first kappa shape index (κ1) is 20.0. The van der Waals surface area contributed by atoms with E-state index in [1.165, 1.54) is 0 Å². The number of aliphatic carboxylic acids is 1. The predicted molar refractivity (Wildman–Crippen MR) is 96.4 cm³/mol. The SMILES string of the molecule is Cc1ccc(Cl)cc1OCC(=O)O.O=CNCc1ccc(Br)cc1. The lowest BCUT2D eigenvalue weighted by Crippen LogP contribution is -2.09. The van der Waals surface area contributed by atoms with Crippen LogP contribution in [-0.4, -0.2) is 24.1 Å². The summed E-state index contributed by atoms with van der Waals surface area (Å²) in [6.45, 7) is 2.07. The van der Waals surface area contributed by atoms with Gasteiger partial charge in [-0.1, -0.05) is 45.7 Å². The zero-order chi connectivity index (χ0) is 17.9. The van der Waals surface area contributed by atoms with Crippen LogP contribution in [0.5, 0.6) is 5.75 Å². The molecule has 0 aliphatic heterocycles. The molecular formula is C17H17BrClNO4. The first-order valence-electron chi connectivity index (χ1n) is 6.94. The van der Waals surface area contributed by atoms with Gasteiger partial charge in [0.25, 0.3) is 0 Å². The van der Waals surface area contributed by atoms with Crippen molar-refractivity contribution in [3.05, 3.63) is 63.1 Å². The summed E-state index contributed by atoms with van der Waals surface area (Å²) in [6, 6.07) is 12.9. The fourth-order valence-corrected chi connectivity index (χ4v) is 2.06. The van der Waals surface area contributed by atoms with Crippen LogP contribution in [0.1, 0.15) is 11.1 Å². The third kappa shape index (κ3) is 7.99. The average Bonchev–Trinajstić information content (AvgIpc) is 2.56. The molecule has 128 valence electrons. The third-order valence-corrected chi connectivity index (χ3v) is 3.57. The second-order valence-electron chi connectivity index (χ2n) is 4.72. The molecule has 0 atom stereocenters. The van der Waals surface area contributed by atoms with Crippen LogP contribution < -0.4 is 10.1 Å². The van der Waals surface area contributed by atoms with E-state index in [1.807, 2.05) is 31.2 Å².